The fraction of sp³-hybridized carbons (Fsp3) is 0.333. The number of carbonyl (C=O) groups is 2. The topological polar surface area (TPSA) is 79.9 Å². The van der Waals surface area contributed by atoms with Gasteiger partial charge in [0.25, 0.3) is 5.91 Å². The number of hydrogen-bond acceptors (Lipinski definition) is 5. The molecule has 0 spiro atoms. The quantitative estimate of drug-likeness (QED) is 0.696. The second-order valence-corrected chi connectivity index (χ2v) is 6.87. The van der Waals surface area contributed by atoms with E-state index >= 15 is 0 Å². The Morgan fingerprint density at radius 1 is 0.903 bits per heavy atom. The van der Waals surface area contributed by atoms with Crippen molar-refractivity contribution in [3.63, 3.8) is 0 Å². The fourth-order valence-electron chi connectivity index (χ4n) is 2.89. The number of halogens is 3. The zero-order valence-corrected chi connectivity index (χ0v) is 16.6. The van der Waals surface area contributed by atoms with Crippen molar-refractivity contribution in [3.8, 4) is 5.75 Å². The second kappa shape index (κ2) is 10.3. The fourth-order valence-corrected chi connectivity index (χ4v) is 2.89. The molecule has 2 aromatic carbocycles. The number of rotatable bonds is 7. The summed E-state index contributed by atoms with van der Waals surface area (Å²) in [4.78, 5) is 26.1. The Kier molecular flexibility index (Phi) is 7.48. The molecule has 0 saturated carbocycles. The van der Waals surface area contributed by atoms with Crippen molar-refractivity contribution >= 4 is 23.2 Å². The van der Waals surface area contributed by atoms with E-state index in [2.05, 4.69) is 10.6 Å². The van der Waals surface area contributed by atoms with Crippen molar-refractivity contribution in [1.29, 1.82) is 0 Å². The normalized spacial score (nSPS) is 14.7. The lowest BCUT2D eigenvalue weighted by molar-refractivity contribution is -0.137. The van der Waals surface area contributed by atoms with Gasteiger partial charge >= 0.3 is 6.18 Å². The number of benzene rings is 2. The molecule has 1 fully saturated rings. The number of amides is 2. The summed E-state index contributed by atoms with van der Waals surface area (Å²) in [6.07, 6.45) is -4.43. The highest BCUT2D eigenvalue weighted by Gasteiger charge is 2.30. The van der Waals surface area contributed by atoms with Gasteiger partial charge in [-0.3, -0.25) is 14.5 Å². The van der Waals surface area contributed by atoms with Gasteiger partial charge in [-0.25, -0.2) is 0 Å². The van der Waals surface area contributed by atoms with Gasteiger partial charge in [-0.05, 0) is 48.5 Å². The zero-order chi connectivity index (χ0) is 22.3. The van der Waals surface area contributed by atoms with Crippen molar-refractivity contribution in [1.82, 2.24) is 4.90 Å². The number of ether oxygens (including phenoxy) is 2. The van der Waals surface area contributed by atoms with Crippen LogP contribution in [0.4, 0.5) is 24.5 Å². The highest BCUT2D eigenvalue weighted by Crippen LogP contribution is 2.30. The molecule has 1 heterocycles. The SMILES string of the molecule is O=C(COc1ccc(C(F)(F)F)cc1)Nc1ccc(NC(=O)CN2CCOCC2)cc1. The van der Waals surface area contributed by atoms with E-state index < -0.39 is 17.6 Å². The van der Waals surface area contributed by atoms with E-state index in [4.69, 9.17) is 9.47 Å². The lowest BCUT2D eigenvalue weighted by Crippen LogP contribution is -2.41. The molecule has 0 aromatic heterocycles. The minimum atomic E-state index is -4.43. The molecule has 31 heavy (non-hydrogen) atoms. The van der Waals surface area contributed by atoms with Crippen LogP contribution in [0.3, 0.4) is 0 Å². The molecular weight excluding hydrogens is 415 g/mol. The van der Waals surface area contributed by atoms with E-state index in [9.17, 15) is 22.8 Å². The van der Waals surface area contributed by atoms with Gasteiger partial charge < -0.3 is 20.1 Å². The molecule has 0 unspecified atom stereocenters. The molecule has 0 atom stereocenters. The first-order valence-electron chi connectivity index (χ1n) is 9.59. The first-order valence-corrected chi connectivity index (χ1v) is 9.59. The Morgan fingerprint density at radius 3 is 2.00 bits per heavy atom. The number of hydrogen-bond donors (Lipinski definition) is 2. The Hall–Kier alpha value is -3.11. The minimum absolute atomic E-state index is 0.136. The molecule has 7 nitrogen and oxygen atoms in total. The van der Waals surface area contributed by atoms with Crippen molar-refractivity contribution in [2.24, 2.45) is 0 Å². The van der Waals surface area contributed by atoms with Gasteiger partial charge in [-0.1, -0.05) is 0 Å². The molecule has 0 radical (unpaired) electrons. The largest absolute Gasteiger partial charge is 0.484 e. The molecule has 0 bridgehead atoms. The maximum Gasteiger partial charge on any atom is 0.416 e. The molecule has 10 heteroatoms. The molecule has 2 N–H and O–H groups in total. The molecule has 2 amide bonds. The van der Waals surface area contributed by atoms with Gasteiger partial charge in [0, 0.05) is 24.5 Å². The van der Waals surface area contributed by atoms with Gasteiger partial charge in [0.1, 0.15) is 5.75 Å². The molecule has 1 aliphatic rings. The zero-order valence-electron chi connectivity index (χ0n) is 16.6. The van der Waals surface area contributed by atoms with E-state index in [0.717, 1.165) is 24.3 Å². The van der Waals surface area contributed by atoms with Crippen LogP contribution in [0.25, 0.3) is 0 Å². The third-order valence-corrected chi connectivity index (χ3v) is 4.47. The summed E-state index contributed by atoms with van der Waals surface area (Å²) >= 11 is 0. The van der Waals surface area contributed by atoms with Crippen molar-refractivity contribution in [3.05, 3.63) is 54.1 Å². The van der Waals surface area contributed by atoms with Crippen LogP contribution in [0.2, 0.25) is 0 Å². The van der Waals surface area contributed by atoms with E-state index in [-0.39, 0.29) is 24.8 Å². The van der Waals surface area contributed by atoms with E-state index in [0.29, 0.717) is 37.7 Å². The number of anilines is 2. The Labute approximate surface area is 177 Å². The summed E-state index contributed by atoms with van der Waals surface area (Å²) in [5.74, 6) is -0.450. The minimum Gasteiger partial charge on any atom is -0.484 e. The second-order valence-electron chi connectivity index (χ2n) is 6.87. The third-order valence-electron chi connectivity index (χ3n) is 4.47. The molecule has 2 aromatic rings. The van der Waals surface area contributed by atoms with Gasteiger partial charge in [0.05, 0.1) is 25.3 Å². The van der Waals surface area contributed by atoms with Crippen LogP contribution in [-0.2, 0) is 20.5 Å². The van der Waals surface area contributed by atoms with Crippen LogP contribution in [0.1, 0.15) is 5.56 Å². The summed E-state index contributed by atoms with van der Waals surface area (Å²) in [6.45, 7) is 2.58. The number of nitrogens with one attached hydrogen (secondary N) is 2. The van der Waals surface area contributed by atoms with E-state index in [1.165, 1.54) is 0 Å². The number of alkyl halides is 3. The van der Waals surface area contributed by atoms with E-state index in [1.54, 1.807) is 24.3 Å². The summed E-state index contributed by atoms with van der Waals surface area (Å²) in [7, 11) is 0. The van der Waals surface area contributed by atoms with Gasteiger partial charge in [-0.2, -0.15) is 13.2 Å². The lowest BCUT2D eigenvalue weighted by atomic mass is 10.2. The van der Waals surface area contributed by atoms with Crippen LogP contribution in [0.5, 0.6) is 5.75 Å². The smallest absolute Gasteiger partial charge is 0.416 e. The van der Waals surface area contributed by atoms with Crippen LogP contribution < -0.4 is 15.4 Å². The summed E-state index contributed by atoms with van der Waals surface area (Å²) in [6, 6.07) is 10.7. The summed E-state index contributed by atoms with van der Waals surface area (Å²) in [5.41, 5.74) is 0.297. The Balaban J connectivity index is 1.42. The van der Waals surface area contributed by atoms with Crippen LogP contribution >= 0.6 is 0 Å². The van der Waals surface area contributed by atoms with Gasteiger partial charge in [0.2, 0.25) is 5.91 Å². The lowest BCUT2D eigenvalue weighted by Gasteiger charge is -2.25. The Bertz CT molecular complexity index is 880. The van der Waals surface area contributed by atoms with Gasteiger partial charge in [0.15, 0.2) is 6.61 Å². The molecule has 3 rings (SSSR count). The third kappa shape index (κ3) is 7.26. The highest BCUT2D eigenvalue weighted by atomic mass is 19.4. The summed E-state index contributed by atoms with van der Waals surface area (Å²) < 4.78 is 48.1. The molecule has 0 aliphatic carbocycles. The monoisotopic (exact) mass is 437 g/mol. The van der Waals surface area contributed by atoms with E-state index in [1.807, 2.05) is 4.90 Å². The first-order chi connectivity index (χ1) is 14.8. The average molecular weight is 437 g/mol. The average Bonchev–Trinajstić information content (AvgIpc) is 2.74. The molecular formula is C21H22F3N3O4. The van der Waals surface area contributed by atoms with Crippen molar-refractivity contribution < 1.29 is 32.2 Å². The molecule has 1 saturated heterocycles. The van der Waals surface area contributed by atoms with Crippen LogP contribution in [0, 0.1) is 0 Å². The summed E-state index contributed by atoms with van der Waals surface area (Å²) in [5, 5.41) is 5.41. The first kappa shape index (κ1) is 22.6. The predicted octanol–water partition coefficient (Wildman–Crippen LogP) is 2.99. The molecule has 166 valence electrons. The maximum absolute atomic E-state index is 12.5. The van der Waals surface area contributed by atoms with Crippen molar-refractivity contribution in [2.45, 2.75) is 6.18 Å². The van der Waals surface area contributed by atoms with Crippen LogP contribution in [-0.4, -0.2) is 56.2 Å². The molecule has 1 aliphatic heterocycles. The number of nitrogens with zero attached hydrogens (tertiary/aromatic N) is 1. The van der Waals surface area contributed by atoms with Crippen molar-refractivity contribution in [2.75, 3.05) is 50.1 Å². The van der Waals surface area contributed by atoms with Gasteiger partial charge in [-0.15, -0.1) is 0 Å². The number of carbonyl (C=O) groups excluding carboxylic acids is 2. The number of morpholine rings is 1. The standard InChI is InChI=1S/C21H22F3N3O4/c22-21(23,24)15-1-7-18(8-2-15)31-14-20(29)26-17-5-3-16(4-6-17)25-19(28)13-27-9-11-30-12-10-27/h1-8H,9-14H2,(H,25,28)(H,26,29). The highest BCUT2D eigenvalue weighted by molar-refractivity contribution is 5.94. The predicted molar refractivity (Wildman–Crippen MR) is 108 cm³/mol. The van der Waals surface area contributed by atoms with Crippen LogP contribution in [0.15, 0.2) is 48.5 Å². The Morgan fingerprint density at radius 2 is 1.45 bits per heavy atom. The maximum atomic E-state index is 12.5.